The van der Waals surface area contributed by atoms with Crippen LogP contribution in [0.25, 0.3) is 0 Å². The zero-order chi connectivity index (χ0) is 13.7. The number of nitrogens with zero attached hydrogens (tertiary/aromatic N) is 1. The van der Waals surface area contributed by atoms with Gasteiger partial charge in [-0.25, -0.2) is 0 Å². The normalized spacial score (nSPS) is 13.6. The highest BCUT2D eigenvalue weighted by Gasteiger charge is 2.26. The van der Waals surface area contributed by atoms with Crippen molar-refractivity contribution in [3.8, 4) is 0 Å². The van der Waals surface area contributed by atoms with Gasteiger partial charge in [0.25, 0.3) is 5.91 Å². The van der Waals surface area contributed by atoms with Gasteiger partial charge in [-0.1, -0.05) is 30.3 Å². The second kappa shape index (κ2) is 8.61. The van der Waals surface area contributed by atoms with Crippen molar-refractivity contribution in [3.05, 3.63) is 35.9 Å². The molecule has 0 spiro atoms. The molecule has 1 rings (SSSR count). The van der Waals surface area contributed by atoms with Gasteiger partial charge in [0.1, 0.15) is 0 Å². The van der Waals surface area contributed by atoms with E-state index >= 15 is 0 Å². The zero-order valence-electron chi connectivity index (χ0n) is 11.8. The minimum Gasteiger partial charge on any atom is -1.00 e. The van der Waals surface area contributed by atoms with Gasteiger partial charge >= 0.3 is 0 Å². The molecule has 3 nitrogen and oxygen atoms in total. The number of rotatable bonds is 5. The van der Waals surface area contributed by atoms with Gasteiger partial charge in [-0.15, -0.1) is 0 Å². The molecule has 0 aliphatic rings. The molecule has 0 radical (unpaired) electrons. The average Bonchev–Trinajstić information content (AvgIpc) is 2.36. The number of benzene rings is 1. The van der Waals surface area contributed by atoms with Crippen molar-refractivity contribution in [2.24, 2.45) is 0 Å². The van der Waals surface area contributed by atoms with E-state index in [0.29, 0.717) is 5.75 Å². The molecule has 0 heterocycles. The quantitative estimate of drug-likeness (QED) is 0.655. The molecular weight excluding hydrogens is 326 g/mol. The maximum absolute atomic E-state index is 12.0. The Morgan fingerprint density at radius 1 is 1.32 bits per heavy atom. The van der Waals surface area contributed by atoms with E-state index in [-0.39, 0.29) is 39.8 Å². The summed E-state index contributed by atoms with van der Waals surface area (Å²) >= 11 is 0. The SMILES string of the molecule is C[C@@H]([C@@H](O)c1ccccc1)N(C)C(=O)C[S+](C)C.[Br-]. The van der Waals surface area contributed by atoms with Crippen LogP contribution in [0.5, 0.6) is 0 Å². The molecule has 0 fully saturated rings. The molecule has 0 aliphatic carbocycles. The van der Waals surface area contributed by atoms with Gasteiger partial charge in [-0.05, 0) is 23.4 Å². The van der Waals surface area contributed by atoms with Crippen LogP contribution in [0.3, 0.4) is 0 Å². The van der Waals surface area contributed by atoms with Crippen LogP contribution < -0.4 is 17.0 Å². The summed E-state index contributed by atoms with van der Waals surface area (Å²) < 4.78 is 0. The van der Waals surface area contributed by atoms with Gasteiger partial charge in [0.2, 0.25) is 0 Å². The molecule has 0 bridgehead atoms. The number of likely N-dealkylation sites (N-methyl/N-ethyl adjacent to an activating group) is 1. The molecule has 0 unspecified atom stereocenters. The lowest BCUT2D eigenvalue weighted by molar-refractivity contribution is -0.131. The Hall–Kier alpha value is -0.520. The van der Waals surface area contributed by atoms with E-state index < -0.39 is 6.10 Å². The lowest BCUT2D eigenvalue weighted by Gasteiger charge is -2.28. The van der Waals surface area contributed by atoms with E-state index in [1.807, 2.05) is 49.8 Å². The first-order valence-electron chi connectivity index (χ1n) is 5.96. The number of amides is 1. The Balaban J connectivity index is 0.00000324. The maximum atomic E-state index is 12.0. The predicted octanol–water partition coefficient (Wildman–Crippen LogP) is -1.55. The van der Waals surface area contributed by atoms with Crippen molar-refractivity contribution in [2.75, 3.05) is 25.3 Å². The summed E-state index contributed by atoms with van der Waals surface area (Å²) in [7, 11) is 1.84. The fraction of sp³-hybridized carbons (Fsp3) is 0.500. The van der Waals surface area contributed by atoms with Gasteiger partial charge in [0.05, 0.1) is 24.7 Å². The van der Waals surface area contributed by atoms with Gasteiger partial charge in [0.15, 0.2) is 5.75 Å². The number of halogens is 1. The molecule has 5 heteroatoms. The monoisotopic (exact) mass is 347 g/mol. The zero-order valence-corrected chi connectivity index (χ0v) is 14.2. The topological polar surface area (TPSA) is 40.5 Å². The molecule has 1 aromatic carbocycles. The summed E-state index contributed by atoms with van der Waals surface area (Å²) in [5.74, 6) is 0.633. The van der Waals surface area contributed by atoms with E-state index in [2.05, 4.69) is 0 Å². The molecular formula is C14H22BrNO2S. The molecule has 19 heavy (non-hydrogen) atoms. The third kappa shape index (κ3) is 5.55. The summed E-state index contributed by atoms with van der Waals surface area (Å²) in [6.45, 7) is 1.87. The lowest BCUT2D eigenvalue weighted by Crippen LogP contribution is -3.00. The standard InChI is InChI=1S/C14H22NO2S.BrH/c1-11(15(2)13(16)10-18(3)4)14(17)12-8-6-5-7-9-12;/h5-9,11,14,17H,10H2,1-4H3;1H/q+1;/p-1/t11-,14+;/m0./s1. The van der Waals surface area contributed by atoms with Crippen LogP contribution in [-0.4, -0.2) is 47.3 Å². The number of carbonyl (C=O) groups excluding carboxylic acids is 1. The van der Waals surface area contributed by atoms with Gasteiger partial charge < -0.3 is 27.0 Å². The van der Waals surface area contributed by atoms with Gasteiger partial charge in [-0.2, -0.15) is 0 Å². The van der Waals surface area contributed by atoms with Crippen molar-refractivity contribution in [2.45, 2.75) is 19.1 Å². The first kappa shape index (κ1) is 18.5. The predicted molar refractivity (Wildman–Crippen MR) is 77.7 cm³/mol. The van der Waals surface area contributed by atoms with Crippen LogP contribution in [0.15, 0.2) is 30.3 Å². The summed E-state index contributed by atoms with van der Waals surface area (Å²) in [5, 5.41) is 10.3. The summed E-state index contributed by atoms with van der Waals surface area (Å²) in [5.41, 5.74) is 0.844. The maximum Gasteiger partial charge on any atom is 0.272 e. The molecule has 0 aromatic heterocycles. The highest BCUT2D eigenvalue weighted by atomic mass is 79.9. The molecule has 0 saturated carbocycles. The summed E-state index contributed by atoms with van der Waals surface area (Å²) in [4.78, 5) is 13.6. The number of hydrogen-bond donors (Lipinski definition) is 1. The van der Waals surface area contributed by atoms with Gasteiger partial charge in [-0.3, -0.25) is 4.79 Å². The molecule has 0 saturated heterocycles. The molecule has 2 atom stereocenters. The van der Waals surface area contributed by atoms with Crippen LogP contribution in [0, 0.1) is 0 Å². The minimum atomic E-state index is -0.643. The molecule has 1 N–H and O–H groups in total. The highest BCUT2D eigenvalue weighted by molar-refractivity contribution is 7.96. The van der Waals surface area contributed by atoms with Crippen LogP contribution in [-0.2, 0) is 15.7 Å². The molecule has 1 amide bonds. The first-order valence-corrected chi connectivity index (χ1v) is 8.17. The second-order valence-electron chi connectivity index (χ2n) is 4.73. The number of aliphatic hydroxyl groups is 1. The highest BCUT2D eigenvalue weighted by Crippen LogP contribution is 2.19. The first-order chi connectivity index (χ1) is 8.43. The van der Waals surface area contributed by atoms with Crippen LogP contribution >= 0.6 is 0 Å². The van der Waals surface area contributed by atoms with Crippen LogP contribution in [0.4, 0.5) is 0 Å². The van der Waals surface area contributed by atoms with Crippen molar-refractivity contribution in [1.82, 2.24) is 4.90 Å². The van der Waals surface area contributed by atoms with Crippen molar-refractivity contribution in [1.29, 1.82) is 0 Å². The Kier molecular flexibility index (Phi) is 8.38. The van der Waals surface area contributed by atoms with Crippen molar-refractivity contribution >= 4 is 16.8 Å². The number of carbonyl (C=O) groups is 1. The summed E-state index contributed by atoms with van der Waals surface area (Å²) in [6.07, 6.45) is 3.45. The third-order valence-corrected chi connectivity index (χ3v) is 3.84. The fourth-order valence-corrected chi connectivity index (χ4v) is 2.41. The second-order valence-corrected chi connectivity index (χ2v) is 6.99. The van der Waals surface area contributed by atoms with Crippen molar-refractivity contribution in [3.63, 3.8) is 0 Å². The van der Waals surface area contributed by atoms with E-state index in [1.54, 1.807) is 11.9 Å². The van der Waals surface area contributed by atoms with Crippen LogP contribution in [0.1, 0.15) is 18.6 Å². The minimum absolute atomic E-state index is 0. The molecule has 1 aromatic rings. The Bertz CT molecular complexity index is 386. The van der Waals surface area contributed by atoms with E-state index in [9.17, 15) is 9.90 Å². The Morgan fingerprint density at radius 2 is 1.84 bits per heavy atom. The fourth-order valence-electron chi connectivity index (χ4n) is 1.72. The largest absolute Gasteiger partial charge is 1.00 e. The Labute approximate surface area is 129 Å². The number of hydrogen-bond acceptors (Lipinski definition) is 2. The summed E-state index contributed by atoms with van der Waals surface area (Å²) in [6, 6.07) is 9.23. The lowest BCUT2D eigenvalue weighted by atomic mass is 10.0. The molecule has 0 aliphatic heterocycles. The van der Waals surface area contributed by atoms with Crippen LogP contribution in [0.2, 0.25) is 0 Å². The average molecular weight is 348 g/mol. The third-order valence-electron chi connectivity index (χ3n) is 3.01. The van der Waals surface area contributed by atoms with E-state index in [1.165, 1.54) is 0 Å². The molecule has 108 valence electrons. The van der Waals surface area contributed by atoms with Crippen molar-refractivity contribution < 1.29 is 26.9 Å². The van der Waals surface area contributed by atoms with Gasteiger partial charge in [0, 0.05) is 7.05 Å². The van der Waals surface area contributed by atoms with E-state index in [4.69, 9.17) is 0 Å². The Morgan fingerprint density at radius 3 is 2.32 bits per heavy atom. The van der Waals surface area contributed by atoms with E-state index in [0.717, 1.165) is 5.56 Å². The smallest absolute Gasteiger partial charge is 0.272 e. The number of aliphatic hydroxyl groups excluding tert-OH is 1.